The van der Waals surface area contributed by atoms with E-state index in [0.717, 1.165) is 28.1 Å². The third kappa shape index (κ3) is 4.20. The number of rotatable bonds is 6. The van der Waals surface area contributed by atoms with Crippen molar-refractivity contribution in [3.05, 3.63) is 102 Å². The molecule has 1 aliphatic rings. The highest BCUT2D eigenvalue weighted by Gasteiger charge is 2.37. The molecule has 0 radical (unpaired) electrons. The van der Waals surface area contributed by atoms with Gasteiger partial charge in [0.1, 0.15) is 5.75 Å². The topological polar surface area (TPSA) is 76.8 Å². The normalized spacial score (nSPS) is 15.9. The molecule has 1 atom stereocenters. The van der Waals surface area contributed by atoms with Crippen molar-refractivity contribution in [2.45, 2.75) is 12.5 Å². The molecule has 1 aliphatic heterocycles. The maximum absolute atomic E-state index is 12.8. The smallest absolute Gasteiger partial charge is 0.247 e. The summed E-state index contributed by atoms with van der Waals surface area (Å²) in [5.41, 5.74) is 4.83. The molecule has 1 unspecified atom stereocenters. The van der Waals surface area contributed by atoms with E-state index in [-0.39, 0.29) is 0 Å². The lowest BCUT2D eigenvalue weighted by atomic mass is 9.97. The predicted molar refractivity (Wildman–Crippen MR) is 133 cm³/mol. The fourth-order valence-electron chi connectivity index (χ4n) is 4.17. The zero-order valence-corrected chi connectivity index (χ0v) is 19.7. The number of hydrazone groups is 1. The Bertz CT molecular complexity index is 1450. The fourth-order valence-corrected chi connectivity index (χ4v) is 5.06. The van der Waals surface area contributed by atoms with Crippen molar-refractivity contribution < 1.29 is 13.2 Å². The van der Waals surface area contributed by atoms with Crippen molar-refractivity contribution in [3.63, 3.8) is 0 Å². The van der Waals surface area contributed by atoms with Gasteiger partial charge in [0.05, 0.1) is 36.5 Å². The largest absolute Gasteiger partial charge is 0.497 e. The van der Waals surface area contributed by atoms with Crippen LogP contribution in [0.15, 0.2) is 96.2 Å². The van der Waals surface area contributed by atoms with Gasteiger partial charge in [0, 0.05) is 29.3 Å². The van der Waals surface area contributed by atoms with Crippen LogP contribution in [0.4, 0.5) is 0 Å². The number of para-hydroxylation sites is 1. The third-order valence-electron chi connectivity index (χ3n) is 5.78. The Balaban J connectivity index is 1.63. The maximum atomic E-state index is 12.8. The molecule has 2 heterocycles. The molecule has 0 saturated heterocycles. The minimum Gasteiger partial charge on any atom is -0.497 e. The number of methoxy groups -OCH3 is 1. The molecule has 5 rings (SSSR count). The Labute approximate surface area is 199 Å². The summed E-state index contributed by atoms with van der Waals surface area (Å²) in [5.74, 6) is 0.691. The molecule has 0 spiro atoms. The van der Waals surface area contributed by atoms with Crippen molar-refractivity contribution in [1.82, 2.24) is 14.2 Å². The van der Waals surface area contributed by atoms with Crippen LogP contribution in [0.3, 0.4) is 0 Å². The van der Waals surface area contributed by atoms with E-state index < -0.39 is 16.1 Å². The first-order valence-electron chi connectivity index (χ1n) is 10.9. The van der Waals surface area contributed by atoms with E-state index in [1.54, 1.807) is 11.8 Å². The van der Waals surface area contributed by atoms with Gasteiger partial charge in [0.2, 0.25) is 10.0 Å². The molecule has 0 amide bonds. The number of sulfonamides is 1. The van der Waals surface area contributed by atoms with Crippen LogP contribution in [0.5, 0.6) is 5.75 Å². The summed E-state index contributed by atoms with van der Waals surface area (Å²) in [6, 6.07) is 26.5. The lowest BCUT2D eigenvalue weighted by molar-refractivity contribution is 0.375. The molecule has 34 heavy (non-hydrogen) atoms. The van der Waals surface area contributed by atoms with Crippen molar-refractivity contribution in [2.24, 2.45) is 5.10 Å². The van der Waals surface area contributed by atoms with Gasteiger partial charge in [-0.15, -0.1) is 0 Å². The second-order valence-electron chi connectivity index (χ2n) is 8.11. The van der Waals surface area contributed by atoms with E-state index in [2.05, 4.69) is 5.10 Å². The van der Waals surface area contributed by atoms with Gasteiger partial charge in [0.15, 0.2) is 0 Å². The zero-order valence-electron chi connectivity index (χ0n) is 18.9. The highest BCUT2D eigenvalue weighted by molar-refractivity contribution is 7.88. The summed E-state index contributed by atoms with van der Waals surface area (Å²) in [5, 5.41) is 9.41. The van der Waals surface area contributed by atoms with Crippen LogP contribution in [0.2, 0.25) is 0 Å². The minimum absolute atomic E-state index is 0.417. The Morgan fingerprint density at radius 2 is 1.59 bits per heavy atom. The summed E-state index contributed by atoms with van der Waals surface area (Å²) >= 11 is 0. The van der Waals surface area contributed by atoms with Crippen LogP contribution in [-0.4, -0.2) is 41.7 Å². The minimum atomic E-state index is -3.63. The quantitative estimate of drug-likeness (QED) is 0.409. The average Bonchev–Trinajstić information content (AvgIpc) is 3.50. The van der Waals surface area contributed by atoms with Gasteiger partial charge in [-0.25, -0.2) is 13.1 Å². The standard InChI is InChI=1S/C26H24N4O3S/c1-33-22-15-9-12-20(16-22)24-17-25(30(27-24)34(2,31)32)23-18-29(21-13-7-4-8-14-21)28-26(23)19-10-5-3-6-11-19/h3-16,18,25H,17H2,1-2H3. The maximum Gasteiger partial charge on any atom is 0.247 e. The molecule has 0 saturated carbocycles. The second-order valence-corrected chi connectivity index (χ2v) is 9.95. The summed E-state index contributed by atoms with van der Waals surface area (Å²) in [6.45, 7) is 0. The number of ether oxygens (including phenoxy) is 1. The van der Waals surface area contributed by atoms with Crippen molar-refractivity contribution >= 4 is 15.7 Å². The summed E-state index contributed by atoms with van der Waals surface area (Å²) in [4.78, 5) is 0. The molecule has 7 nitrogen and oxygen atoms in total. The second kappa shape index (κ2) is 8.79. The van der Waals surface area contributed by atoms with E-state index in [4.69, 9.17) is 9.84 Å². The number of aromatic nitrogens is 2. The highest BCUT2D eigenvalue weighted by Crippen LogP contribution is 2.39. The molecule has 3 aromatic carbocycles. The third-order valence-corrected chi connectivity index (χ3v) is 6.80. The first kappa shape index (κ1) is 21.9. The monoisotopic (exact) mass is 472 g/mol. The SMILES string of the molecule is COc1cccc(C2=NN(S(C)(=O)=O)C(c3cn(-c4ccccc4)nc3-c3ccccc3)C2)c1. The van der Waals surface area contributed by atoms with E-state index in [9.17, 15) is 8.42 Å². The van der Waals surface area contributed by atoms with Crippen LogP contribution in [0, 0.1) is 0 Å². The van der Waals surface area contributed by atoms with Crippen molar-refractivity contribution in [3.8, 4) is 22.7 Å². The van der Waals surface area contributed by atoms with Crippen LogP contribution < -0.4 is 4.74 Å². The zero-order chi connectivity index (χ0) is 23.7. The lowest BCUT2D eigenvalue weighted by Gasteiger charge is -2.21. The molecule has 0 bridgehead atoms. The molecular formula is C26H24N4O3S. The van der Waals surface area contributed by atoms with Crippen LogP contribution in [0.25, 0.3) is 16.9 Å². The van der Waals surface area contributed by atoms with Crippen molar-refractivity contribution in [2.75, 3.05) is 13.4 Å². The first-order chi connectivity index (χ1) is 16.4. The predicted octanol–water partition coefficient (Wildman–Crippen LogP) is 4.66. The lowest BCUT2D eigenvalue weighted by Crippen LogP contribution is -2.26. The molecular weight excluding hydrogens is 448 g/mol. The van der Waals surface area contributed by atoms with E-state index >= 15 is 0 Å². The number of hydrogen-bond acceptors (Lipinski definition) is 5. The molecule has 8 heteroatoms. The van der Waals surface area contributed by atoms with E-state index in [1.807, 2.05) is 91.1 Å². The molecule has 4 aromatic rings. The van der Waals surface area contributed by atoms with E-state index in [1.165, 1.54) is 10.7 Å². The van der Waals surface area contributed by atoms with Crippen LogP contribution >= 0.6 is 0 Å². The fraction of sp³-hybridized carbons (Fsp3) is 0.154. The van der Waals surface area contributed by atoms with Gasteiger partial charge < -0.3 is 4.74 Å². The number of hydrogen-bond donors (Lipinski definition) is 0. The Hall–Kier alpha value is -3.91. The van der Waals surface area contributed by atoms with Crippen molar-refractivity contribution in [1.29, 1.82) is 0 Å². The highest BCUT2D eigenvalue weighted by atomic mass is 32.2. The molecule has 0 aliphatic carbocycles. The average molecular weight is 473 g/mol. The molecule has 172 valence electrons. The van der Waals surface area contributed by atoms with Gasteiger partial charge in [-0.2, -0.15) is 14.6 Å². The van der Waals surface area contributed by atoms with Crippen LogP contribution in [-0.2, 0) is 10.0 Å². The Morgan fingerprint density at radius 1 is 0.912 bits per heavy atom. The van der Waals surface area contributed by atoms with Crippen LogP contribution in [0.1, 0.15) is 23.6 Å². The Morgan fingerprint density at radius 3 is 2.26 bits per heavy atom. The number of benzene rings is 3. The van der Waals surface area contributed by atoms with Gasteiger partial charge in [-0.3, -0.25) is 0 Å². The first-order valence-corrected chi connectivity index (χ1v) is 12.7. The van der Waals surface area contributed by atoms with E-state index in [0.29, 0.717) is 17.9 Å². The summed E-state index contributed by atoms with van der Waals surface area (Å²) < 4.78 is 34.0. The Kier molecular flexibility index (Phi) is 5.67. The molecule has 0 fully saturated rings. The summed E-state index contributed by atoms with van der Waals surface area (Å²) in [7, 11) is -2.03. The molecule has 1 aromatic heterocycles. The molecule has 0 N–H and O–H groups in total. The van der Waals surface area contributed by atoms with Gasteiger partial charge in [0.25, 0.3) is 0 Å². The summed E-state index contributed by atoms with van der Waals surface area (Å²) in [6.07, 6.45) is 3.51. The van der Waals surface area contributed by atoms with Gasteiger partial charge in [-0.05, 0) is 24.3 Å². The van der Waals surface area contributed by atoms with Gasteiger partial charge >= 0.3 is 0 Å². The van der Waals surface area contributed by atoms with Gasteiger partial charge in [-0.1, -0.05) is 60.7 Å². The number of nitrogens with zero attached hydrogens (tertiary/aromatic N) is 4.